The zero-order valence-electron chi connectivity index (χ0n) is 17.2. The lowest BCUT2D eigenvalue weighted by Crippen LogP contribution is -2.46. The predicted octanol–water partition coefficient (Wildman–Crippen LogP) is 5.15. The first-order valence-electron chi connectivity index (χ1n) is 10.1. The quantitative estimate of drug-likeness (QED) is 0.525. The third-order valence-corrected chi connectivity index (χ3v) is 6.44. The van der Waals surface area contributed by atoms with Crippen molar-refractivity contribution in [1.82, 2.24) is 19.6 Å². The third kappa shape index (κ3) is 3.58. The van der Waals surface area contributed by atoms with Gasteiger partial charge < -0.3 is 10.1 Å². The van der Waals surface area contributed by atoms with Crippen molar-refractivity contribution in [3.63, 3.8) is 0 Å². The number of aromatic nitrogens is 4. The number of nitrogens with zero attached hydrogens (tertiary/aromatic N) is 5. The highest BCUT2D eigenvalue weighted by Gasteiger charge is 2.60. The summed E-state index contributed by atoms with van der Waals surface area (Å²) in [6.45, 7) is 0.977. The molecule has 5 rings (SSSR count). The third-order valence-electron chi connectivity index (χ3n) is 5.95. The van der Waals surface area contributed by atoms with Gasteiger partial charge in [0.1, 0.15) is 11.5 Å². The Labute approximate surface area is 195 Å². The van der Waals surface area contributed by atoms with Crippen molar-refractivity contribution in [1.29, 1.82) is 0 Å². The van der Waals surface area contributed by atoms with Crippen LogP contribution in [0, 0.1) is 0 Å². The largest absolute Gasteiger partial charge is 0.401 e. The van der Waals surface area contributed by atoms with Gasteiger partial charge in [-0.3, -0.25) is 9.88 Å². The van der Waals surface area contributed by atoms with E-state index in [9.17, 15) is 18.0 Å². The van der Waals surface area contributed by atoms with E-state index in [-0.39, 0.29) is 34.0 Å². The standard InChI is InChI=1S/C20H17Cl2F3N6O2/c1-19(20(23,24)25)9-30(12-8-26-15-6-14(22)29-31(15)17(12)19)18(32)28-10-5-11(21)16(27-7-10)13-3-2-4-33-13/h5-8,13H,2-4,9H2,1H3,(H,28,32)/t13?,19-/m1/s1. The molecule has 0 spiro atoms. The van der Waals surface area contributed by atoms with E-state index in [1.807, 2.05) is 0 Å². The molecule has 33 heavy (non-hydrogen) atoms. The number of alkyl halides is 3. The maximum Gasteiger partial charge on any atom is 0.401 e. The Hall–Kier alpha value is -2.63. The molecule has 0 aromatic carbocycles. The highest BCUT2D eigenvalue weighted by molar-refractivity contribution is 6.31. The summed E-state index contributed by atoms with van der Waals surface area (Å²) in [5.74, 6) is 0. The number of urea groups is 1. The van der Waals surface area contributed by atoms with Crippen LogP contribution in [0.25, 0.3) is 5.65 Å². The lowest BCUT2D eigenvalue weighted by Gasteiger charge is -2.28. The van der Waals surface area contributed by atoms with E-state index in [4.69, 9.17) is 27.9 Å². The zero-order valence-corrected chi connectivity index (χ0v) is 18.7. The number of halogens is 5. The second-order valence-corrected chi connectivity index (χ2v) is 8.96. The Kier molecular flexibility index (Phi) is 5.18. The van der Waals surface area contributed by atoms with Gasteiger partial charge in [0.2, 0.25) is 0 Å². The number of hydrogen-bond donors (Lipinski definition) is 1. The van der Waals surface area contributed by atoms with Crippen LogP contribution in [0.3, 0.4) is 0 Å². The Bertz CT molecular complexity index is 1260. The molecule has 2 aliphatic rings. The van der Waals surface area contributed by atoms with E-state index in [1.54, 1.807) is 0 Å². The lowest BCUT2D eigenvalue weighted by atomic mass is 9.88. The highest BCUT2D eigenvalue weighted by atomic mass is 35.5. The molecule has 1 unspecified atom stereocenters. The molecule has 3 aromatic rings. The minimum Gasteiger partial charge on any atom is -0.372 e. The van der Waals surface area contributed by atoms with E-state index in [0.717, 1.165) is 29.2 Å². The van der Waals surface area contributed by atoms with Crippen molar-refractivity contribution < 1.29 is 22.7 Å². The van der Waals surface area contributed by atoms with Gasteiger partial charge in [0, 0.05) is 19.2 Å². The van der Waals surface area contributed by atoms with Crippen molar-refractivity contribution in [3.05, 3.63) is 46.1 Å². The lowest BCUT2D eigenvalue weighted by molar-refractivity contribution is -0.181. The first-order chi connectivity index (χ1) is 15.6. The number of carbonyl (C=O) groups excluding carboxylic acids is 1. The Morgan fingerprint density at radius 1 is 1.27 bits per heavy atom. The molecule has 1 fully saturated rings. The fourth-order valence-electron chi connectivity index (χ4n) is 4.23. The van der Waals surface area contributed by atoms with E-state index >= 15 is 0 Å². The predicted molar refractivity (Wildman–Crippen MR) is 115 cm³/mol. The summed E-state index contributed by atoms with van der Waals surface area (Å²) in [5, 5.41) is 6.82. The Morgan fingerprint density at radius 3 is 2.73 bits per heavy atom. The van der Waals surface area contributed by atoms with Crippen LogP contribution in [0.4, 0.5) is 29.3 Å². The molecule has 174 valence electrons. The summed E-state index contributed by atoms with van der Waals surface area (Å²) in [4.78, 5) is 22.4. The van der Waals surface area contributed by atoms with Gasteiger partial charge in [0.05, 0.1) is 40.2 Å². The summed E-state index contributed by atoms with van der Waals surface area (Å²) in [6, 6.07) is 2.06. The number of rotatable bonds is 2. The topological polar surface area (TPSA) is 84.7 Å². The normalized spacial score (nSPS) is 22.7. The molecule has 5 heterocycles. The molecule has 3 aromatic heterocycles. The first kappa shape index (κ1) is 22.2. The SMILES string of the molecule is C[C@@]1(C(F)(F)F)CN(C(=O)Nc2cnc(C3CCCO3)c(Cl)c2)c2cnc3cc(Cl)nn3c21. The number of nitrogens with one attached hydrogen (secondary N) is 1. The van der Waals surface area contributed by atoms with Crippen molar-refractivity contribution in [3.8, 4) is 0 Å². The molecule has 13 heteroatoms. The first-order valence-corrected chi connectivity index (χ1v) is 10.8. The van der Waals surface area contributed by atoms with Crippen LogP contribution < -0.4 is 10.2 Å². The zero-order chi connectivity index (χ0) is 23.5. The van der Waals surface area contributed by atoms with Gasteiger partial charge in [0.25, 0.3) is 0 Å². The van der Waals surface area contributed by atoms with Gasteiger partial charge in [-0.05, 0) is 25.8 Å². The van der Waals surface area contributed by atoms with Crippen LogP contribution in [0.2, 0.25) is 10.2 Å². The van der Waals surface area contributed by atoms with E-state index in [2.05, 4.69) is 20.4 Å². The maximum absolute atomic E-state index is 14.2. The fraction of sp³-hybridized carbons (Fsp3) is 0.400. The fourth-order valence-corrected chi connectivity index (χ4v) is 4.69. The monoisotopic (exact) mass is 500 g/mol. The van der Waals surface area contributed by atoms with Crippen LogP contribution >= 0.6 is 23.2 Å². The molecule has 0 saturated carbocycles. The average molecular weight is 501 g/mol. The summed E-state index contributed by atoms with van der Waals surface area (Å²) >= 11 is 12.2. The number of ether oxygens (including phenoxy) is 1. The van der Waals surface area contributed by atoms with Crippen LogP contribution in [0.1, 0.15) is 37.3 Å². The Balaban J connectivity index is 1.48. The average Bonchev–Trinajstić information content (AvgIpc) is 3.45. The van der Waals surface area contributed by atoms with Gasteiger partial charge in [-0.1, -0.05) is 23.2 Å². The van der Waals surface area contributed by atoms with Crippen molar-refractivity contribution >= 4 is 46.3 Å². The molecule has 1 saturated heterocycles. The van der Waals surface area contributed by atoms with Gasteiger partial charge >= 0.3 is 12.2 Å². The summed E-state index contributed by atoms with van der Waals surface area (Å²) in [5.41, 5.74) is -1.68. The van der Waals surface area contributed by atoms with E-state index in [0.29, 0.717) is 17.3 Å². The van der Waals surface area contributed by atoms with Gasteiger partial charge in [-0.25, -0.2) is 14.3 Å². The molecular formula is C20H17Cl2F3N6O2. The van der Waals surface area contributed by atoms with Crippen molar-refractivity contribution in [2.24, 2.45) is 0 Å². The van der Waals surface area contributed by atoms with Crippen molar-refractivity contribution in [2.75, 3.05) is 23.4 Å². The molecule has 1 N–H and O–H groups in total. The Morgan fingerprint density at radius 2 is 2.06 bits per heavy atom. The number of pyridine rings is 1. The number of amides is 2. The molecular weight excluding hydrogens is 484 g/mol. The summed E-state index contributed by atoms with van der Waals surface area (Å²) in [7, 11) is 0. The second kappa shape index (κ2) is 7.71. The molecule has 2 aliphatic heterocycles. The molecule has 0 radical (unpaired) electrons. The van der Waals surface area contributed by atoms with Crippen LogP contribution in [0.15, 0.2) is 24.5 Å². The minimum absolute atomic E-state index is 0.00428. The van der Waals surface area contributed by atoms with Crippen LogP contribution in [-0.4, -0.2) is 44.9 Å². The van der Waals surface area contributed by atoms with Crippen molar-refractivity contribution in [2.45, 2.75) is 37.5 Å². The number of anilines is 2. The molecule has 8 nitrogen and oxygen atoms in total. The van der Waals surface area contributed by atoms with Gasteiger partial charge in [-0.15, -0.1) is 0 Å². The number of hydrogen-bond acceptors (Lipinski definition) is 5. The smallest absolute Gasteiger partial charge is 0.372 e. The highest BCUT2D eigenvalue weighted by Crippen LogP contribution is 2.50. The minimum atomic E-state index is -4.67. The van der Waals surface area contributed by atoms with Crippen LogP contribution in [-0.2, 0) is 10.2 Å². The van der Waals surface area contributed by atoms with Gasteiger partial charge in [-0.2, -0.15) is 18.3 Å². The van der Waals surface area contributed by atoms with E-state index in [1.165, 1.54) is 24.5 Å². The van der Waals surface area contributed by atoms with Gasteiger partial charge in [0.15, 0.2) is 10.8 Å². The number of fused-ring (bicyclic) bond motifs is 3. The molecule has 2 amide bonds. The van der Waals surface area contributed by atoms with E-state index < -0.39 is 24.2 Å². The second-order valence-electron chi connectivity index (χ2n) is 8.17. The maximum atomic E-state index is 14.2. The summed E-state index contributed by atoms with van der Waals surface area (Å²) in [6.07, 6.45) is -0.582. The molecule has 2 atom stereocenters. The number of carbonyl (C=O) groups is 1. The summed E-state index contributed by atoms with van der Waals surface area (Å²) < 4.78 is 49.1. The molecule has 0 aliphatic carbocycles. The van der Waals surface area contributed by atoms with Crippen LogP contribution in [0.5, 0.6) is 0 Å². The molecule has 0 bridgehead atoms.